The molecule has 146 valence electrons. The highest BCUT2D eigenvalue weighted by Gasteiger charge is 2.25. The molecule has 27 heavy (non-hydrogen) atoms. The summed E-state index contributed by atoms with van der Waals surface area (Å²) < 4.78 is 27.3. The van der Waals surface area contributed by atoms with E-state index in [0.29, 0.717) is 17.4 Å². The van der Waals surface area contributed by atoms with E-state index < -0.39 is 21.5 Å². The van der Waals surface area contributed by atoms with Gasteiger partial charge in [0, 0.05) is 36.7 Å². The van der Waals surface area contributed by atoms with E-state index in [1.165, 1.54) is 6.20 Å². The number of hydrogen-bond acceptors (Lipinski definition) is 4. The molecule has 1 aliphatic heterocycles. The molecule has 2 aromatic rings. The van der Waals surface area contributed by atoms with E-state index in [4.69, 9.17) is 0 Å². The second-order valence-corrected chi connectivity index (χ2v) is 8.79. The van der Waals surface area contributed by atoms with E-state index in [-0.39, 0.29) is 17.3 Å². The molecule has 2 amide bonds. The number of aromatic nitrogens is 1. The maximum atomic E-state index is 12.8. The van der Waals surface area contributed by atoms with Gasteiger partial charge in [-0.25, -0.2) is 8.42 Å². The van der Waals surface area contributed by atoms with Crippen LogP contribution < -0.4 is 5.32 Å². The third-order valence-corrected chi connectivity index (χ3v) is 6.38. The van der Waals surface area contributed by atoms with Crippen molar-refractivity contribution in [1.29, 1.82) is 0 Å². The highest BCUT2D eigenvalue weighted by atomic mass is 32.2. The molecule has 0 unspecified atom stereocenters. The Labute approximate surface area is 159 Å². The zero-order valence-electron chi connectivity index (χ0n) is 15.5. The van der Waals surface area contributed by atoms with E-state index >= 15 is 0 Å². The van der Waals surface area contributed by atoms with Crippen LogP contribution in [-0.4, -0.2) is 55.1 Å². The monoisotopic (exact) mass is 391 g/mol. The minimum Gasteiger partial charge on any atom is -0.355 e. The summed E-state index contributed by atoms with van der Waals surface area (Å²) in [5.41, 5.74) is 0.678. The molecule has 8 heteroatoms. The first kappa shape index (κ1) is 19.4. The molecular formula is C19H25N3O4S. The summed E-state index contributed by atoms with van der Waals surface area (Å²) in [7, 11) is -3.81. The molecule has 1 aromatic heterocycles. The van der Waals surface area contributed by atoms with Crippen LogP contribution in [0.3, 0.4) is 0 Å². The number of carbonyl (C=O) groups is 2. The van der Waals surface area contributed by atoms with E-state index in [2.05, 4.69) is 5.32 Å². The summed E-state index contributed by atoms with van der Waals surface area (Å²) in [6, 6.07) is 7.07. The summed E-state index contributed by atoms with van der Waals surface area (Å²) in [5.74, 6) is -1.12. The van der Waals surface area contributed by atoms with Gasteiger partial charge in [-0.1, -0.05) is 25.1 Å². The molecule has 0 radical (unpaired) electrons. The van der Waals surface area contributed by atoms with Crippen molar-refractivity contribution in [2.45, 2.75) is 37.6 Å². The van der Waals surface area contributed by atoms with Crippen LogP contribution in [0, 0.1) is 0 Å². The normalized spacial score (nSPS) is 14.6. The molecular weight excluding hydrogens is 366 g/mol. The van der Waals surface area contributed by atoms with Gasteiger partial charge in [0.15, 0.2) is 9.84 Å². The van der Waals surface area contributed by atoms with Crippen molar-refractivity contribution in [2.75, 3.05) is 25.4 Å². The third kappa shape index (κ3) is 4.32. The minimum atomic E-state index is -3.81. The zero-order chi connectivity index (χ0) is 19.4. The lowest BCUT2D eigenvalue weighted by Gasteiger charge is -2.15. The quantitative estimate of drug-likeness (QED) is 0.776. The Hall–Kier alpha value is -2.35. The number of benzene rings is 1. The number of amides is 2. The molecule has 1 fully saturated rings. The summed E-state index contributed by atoms with van der Waals surface area (Å²) in [5, 5.41) is 3.13. The fourth-order valence-electron chi connectivity index (χ4n) is 3.37. The molecule has 3 rings (SSSR count). The van der Waals surface area contributed by atoms with E-state index in [1.807, 2.05) is 13.0 Å². The molecule has 0 bridgehead atoms. The van der Waals surface area contributed by atoms with Crippen LogP contribution in [0.5, 0.6) is 0 Å². The Morgan fingerprint density at radius 2 is 1.85 bits per heavy atom. The van der Waals surface area contributed by atoms with Gasteiger partial charge >= 0.3 is 0 Å². The van der Waals surface area contributed by atoms with Crippen LogP contribution in [0.15, 0.2) is 35.4 Å². The molecule has 0 aliphatic carbocycles. The molecule has 2 heterocycles. The highest BCUT2D eigenvalue weighted by Crippen LogP contribution is 2.26. The first-order valence-corrected chi connectivity index (χ1v) is 10.9. The van der Waals surface area contributed by atoms with Crippen LogP contribution in [0.25, 0.3) is 10.9 Å². The smallest absolute Gasteiger partial charge is 0.242 e. The summed E-state index contributed by atoms with van der Waals surface area (Å²) in [6.45, 7) is 3.94. The minimum absolute atomic E-state index is 0.0158. The predicted octanol–water partition coefficient (Wildman–Crippen LogP) is 1.56. The van der Waals surface area contributed by atoms with Gasteiger partial charge in [0.05, 0.1) is 4.90 Å². The van der Waals surface area contributed by atoms with Gasteiger partial charge in [0.25, 0.3) is 0 Å². The summed E-state index contributed by atoms with van der Waals surface area (Å²) in [4.78, 5) is 26.3. The van der Waals surface area contributed by atoms with Crippen molar-refractivity contribution < 1.29 is 18.0 Å². The number of fused-ring (bicyclic) bond motifs is 1. The number of rotatable bonds is 7. The van der Waals surface area contributed by atoms with Crippen LogP contribution in [0.4, 0.5) is 0 Å². The van der Waals surface area contributed by atoms with Crippen molar-refractivity contribution in [2.24, 2.45) is 0 Å². The number of nitrogens with one attached hydrogen (secondary N) is 1. The molecule has 1 aliphatic rings. The van der Waals surface area contributed by atoms with Crippen molar-refractivity contribution in [1.82, 2.24) is 14.8 Å². The Kier molecular flexibility index (Phi) is 5.84. The van der Waals surface area contributed by atoms with Crippen LogP contribution in [-0.2, 0) is 26.0 Å². The SMILES string of the molecule is CCCNC(=O)CS(=O)(=O)c1cn(CC(=O)N2CCCC2)c2ccccc12. The number of carbonyl (C=O) groups excluding carboxylic acids is 2. The van der Waals surface area contributed by atoms with Gasteiger partial charge in [0.1, 0.15) is 12.3 Å². The van der Waals surface area contributed by atoms with Crippen molar-refractivity contribution >= 4 is 32.6 Å². The van der Waals surface area contributed by atoms with Gasteiger partial charge in [-0.3, -0.25) is 9.59 Å². The van der Waals surface area contributed by atoms with E-state index in [0.717, 1.165) is 32.4 Å². The standard InChI is InChI=1S/C19H25N3O4S/c1-2-9-20-18(23)14-27(25,26)17-12-22(16-8-4-3-7-15(16)17)13-19(24)21-10-5-6-11-21/h3-4,7-8,12H,2,5-6,9-11,13-14H2,1H3,(H,20,23). The van der Waals surface area contributed by atoms with Crippen LogP contribution in [0.1, 0.15) is 26.2 Å². The highest BCUT2D eigenvalue weighted by molar-refractivity contribution is 7.92. The maximum Gasteiger partial charge on any atom is 0.242 e. The lowest BCUT2D eigenvalue weighted by Crippen LogP contribution is -2.31. The topological polar surface area (TPSA) is 88.5 Å². The second-order valence-electron chi connectivity index (χ2n) is 6.84. The zero-order valence-corrected chi connectivity index (χ0v) is 16.3. The third-order valence-electron chi connectivity index (χ3n) is 4.74. The lowest BCUT2D eigenvalue weighted by atomic mass is 10.2. The molecule has 0 saturated carbocycles. The fourth-order valence-corrected chi connectivity index (χ4v) is 4.77. The lowest BCUT2D eigenvalue weighted by molar-refractivity contribution is -0.130. The van der Waals surface area contributed by atoms with Crippen LogP contribution >= 0.6 is 0 Å². The molecule has 7 nitrogen and oxygen atoms in total. The average Bonchev–Trinajstić information content (AvgIpc) is 3.28. The molecule has 1 aromatic carbocycles. The number of para-hydroxylation sites is 1. The first-order chi connectivity index (χ1) is 12.9. The second kappa shape index (κ2) is 8.12. The first-order valence-electron chi connectivity index (χ1n) is 9.27. The average molecular weight is 391 g/mol. The Bertz CT molecular complexity index is 943. The Balaban J connectivity index is 1.89. The molecule has 0 atom stereocenters. The number of sulfone groups is 1. The summed E-state index contributed by atoms with van der Waals surface area (Å²) >= 11 is 0. The van der Waals surface area contributed by atoms with Gasteiger partial charge in [-0.2, -0.15) is 0 Å². The summed E-state index contributed by atoms with van der Waals surface area (Å²) in [6.07, 6.45) is 4.24. The maximum absolute atomic E-state index is 12.8. The fraction of sp³-hybridized carbons (Fsp3) is 0.474. The van der Waals surface area contributed by atoms with Crippen molar-refractivity contribution in [3.8, 4) is 0 Å². The van der Waals surface area contributed by atoms with Crippen molar-refractivity contribution in [3.63, 3.8) is 0 Å². The van der Waals surface area contributed by atoms with Gasteiger partial charge in [-0.15, -0.1) is 0 Å². The van der Waals surface area contributed by atoms with Crippen LogP contribution in [0.2, 0.25) is 0 Å². The molecule has 0 spiro atoms. The molecule has 1 saturated heterocycles. The van der Waals surface area contributed by atoms with Gasteiger partial charge < -0.3 is 14.8 Å². The van der Waals surface area contributed by atoms with Gasteiger partial charge in [0.2, 0.25) is 11.8 Å². The Morgan fingerprint density at radius 3 is 2.56 bits per heavy atom. The van der Waals surface area contributed by atoms with Crippen molar-refractivity contribution in [3.05, 3.63) is 30.5 Å². The Morgan fingerprint density at radius 1 is 1.15 bits per heavy atom. The number of hydrogen-bond donors (Lipinski definition) is 1. The number of likely N-dealkylation sites (tertiary alicyclic amines) is 1. The predicted molar refractivity (Wildman–Crippen MR) is 103 cm³/mol. The van der Waals surface area contributed by atoms with Gasteiger partial charge in [-0.05, 0) is 25.3 Å². The number of nitrogens with zero attached hydrogens (tertiary/aromatic N) is 2. The molecule has 1 N–H and O–H groups in total. The largest absolute Gasteiger partial charge is 0.355 e. The van der Waals surface area contributed by atoms with E-state index in [9.17, 15) is 18.0 Å². The van der Waals surface area contributed by atoms with E-state index in [1.54, 1.807) is 27.7 Å².